The molecule has 2 aromatic rings. The number of nitrogens with zero attached hydrogens (tertiary/aromatic N) is 1. The maximum Gasteiger partial charge on any atom is 0.100 e. The Morgan fingerprint density at radius 2 is 2.23 bits per heavy atom. The Hall–Kier alpha value is -0.310. The predicted molar refractivity (Wildman–Crippen MR) is 64.3 cm³/mol. The molecule has 0 N–H and O–H groups in total. The molecule has 0 bridgehead atoms. The van der Waals surface area contributed by atoms with Gasteiger partial charge in [-0.05, 0) is 40.8 Å². The Morgan fingerprint density at radius 1 is 1.46 bits per heavy atom. The van der Waals surface area contributed by atoms with E-state index in [1.807, 2.05) is 18.2 Å². The predicted octanol–water partition coefficient (Wildman–Crippen LogP) is 4.03. The summed E-state index contributed by atoms with van der Waals surface area (Å²) in [5.74, 6) is 0. The summed E-state index contributed by atoms with van der Waals surface area (Å²) in [6.45, 7) is 0. The number of halogens is 2. The van der Waals surface area contributed by atoms with Crippen molar-refractivity contribution in [2.45, 2.75) is 0 Å². The lowest BCUT2D eigenvalue weighted by Crippen LogP contribution is -1.80. The Bertz CT molecular complexity index is 512. The molecule has 0 aliphatic rings. The van der Waals surface area contributed by atoms with Gasteiger partial charge < -0.3 is 0 Å². The molecule has 0 amide bonds. The molecule has 1 heterocycles. The average Bonchev–Trinajstić information content (AvgIpc) is 2.47. The van der Waals surface area contributed by atoms with E-state index < -0.39 is 0 Å². The molecule has 1 aromatic carbocycles. The van der Waals surface area contributed by atoms with Crippen LogP contribution in [0.25, 0.3) is 10.1 Å². The van der Waals surface area contributed by atoms with Crippen LogP contribution in [-0.2, 0) is 0 Å². The number of benzene rings is 1. The van der Waals surface area contributed by atoms with Gasteiger partial charge in [-0.1, -0.05) is 11.6 Å². The van der Waals surface area contributed by atoms with Gasteiger partial charge in [-0.2, -0.15) is 5.26 Å². The molecule has 0 spiro atoms. The molecule has 0 aliphatic heterocycles. The molecule has 2 rings (SSSR count). The molecule has 0 unspecified atom stereocenters. The van der Waals surface area contributed by atoms with Crippen LogP contribution in [0.2, 0.25) is 4.34 Å². The largest absolute Gasteiger partial charge is 0.192 e. The second kappa shape index (κ2) is 3.45. The van der Waals surface area contributed by atoms with Gasteiger partial charge in [0.15, 0.2) is 0 Å². The van der Waals surface area contributed by atoms with Crippen molar-refractivity contribution in [3.63, 3.8) is 0 Å². The zero-order valence-electron chi connectivity index (χ0n) is 6.34. The first-order valence-electron chi connectivity index (χ1n) is 3.50. The van der Waals surface area contributed by atoms with E-state index in [0.29, 0.717) is 5.56 Å². The van der Waals surface area contributed by atoms with Crippen LogP contribution in [0.3, 0.4) is 0 Å². The lowest BCUT2D eigenvalue weighted by atomic mass is 10.2. The minimum atomic E-state index is 0.711. The van der Waals surface area contributed by atoms with Gasteiger partial charge in [0.1, 0.15) is 6.07 Å². The molecule has 0 fully saturated rings. The molecule has 13 heavy (non-hydrogen) atoms. The summed E-state index contributed by atoms with van der Waals surface area (Å²) >= 11 is 9.60. The van der Waals surface area contributed by atoms with Gasteiger partial charge in [0.05, 0.1) is 9.90 Å². The first-order chi connectivity index (χ1) is 6.22. The van der Waals surface area contributed by atoms with Gasteiger partial charge in [-0.15, -0.1) is 11.3 Å². The van der Waals surface area contributed by atoms with Gasteiger partial charge in [-0.25, -0.2) is 0 Å². The van der Waals surface area contributed by atoms with Crippen molar-refractivity contribution in [3.8, 4) is 6.07 Å². The second-order valence-electron chi connectivity index (χ2n) is 2.50. The maximum absolute atomic E-state index is 8.80. The van der Waals surface area contributed by atoms with Crippen LogP contribution in [0.15, 0.2) is 18.2 Å². The fourth-order valence-electron chi connectivity index (χ4n) is 1.13. The van der Waals surface area contributed by atoms with Crippen molar-refractivity contribution in [2.24, 2.45) is 0 Å². The quantitative estimate of drug-likeness (QED) is 0.673. The van der Waals surface area contributed by atoms with Crippen molar-refractivity contribution in [3.05, 3.63) is 31.7 Å². The van der Waals surface area contributed by atoms with Crippen LogP contribution < -0.4 is 0 Å². The van der Waals surface area contributed by atoms with Gasteiger partial charge in [0.2, 0.25) is 0 Å². The summed E-state index contributed by atoms with van der Waals surface area (Å²) in [5.41, 5.74) is 0.711. The van der Waals surface area contributed by atoms with Gasteiger partial charge >= 0.3 is 0 Å². The van der Waals surface area contributed by atoms with Crippen LogP contribution >= 0.6 is 45.5 Å². The molecule has 1 aromatic heterocycles. The van der Waals surface area contributed by atoms with E-state index in [-0.39, 0.29) is 0 Å². The highest BCUT2D eigenvalue weighted by Crippen LogP contribution is 2.33. The zero-order valence-corrected chi connectivity index (χ0v) is 10.1. The summed E-state index contributed by atoms with van der Waals surface area (Å²) in [6.07, 6.45) is 0. The Kier molecular flexibility index (Phi) is 2.45. The average molecular weight is 320 g/mol. The molecule has 1 nitrogen and oxygen atoms in total. The number of fused-ring (bicyclic) bond motifs is 1. The molecule has 0 atom stereocenters. The van der Waals surface area contributed by atoms with Gasteiger partial charge in [0.25, 0.3) is 0 Å². The van der Waals surface area contributed by atoms with Crippen molar-refractivity contribution >= 4 is 55.6 Å². The van der Waals surface area contributed by atoms with Gasteiger partial charge in [0, 0.05) is 13.7 Å². The second-order valence-corrected chi connectivity index (χ2v) is 5.30. The fourth-order valence-corrected chi connectivity index (χ4v) is 3.22. The van der Waals surface area contributed by atoms with E-state index in [1.165, 1.54) is 11.3 Å². The van der Waals surface area contributed by atoms with Gasteiger partial charge in [-0.3, -0.25) is 0 Å². The molecule has 0 saturated heterocycles. The number of hydrogen-bond donors (Lipinski definition) is 0. The molecule has 0 radical (unpaired) electrons. The van der Waals surface area contributed by atoms with E-state index in [0.717, 1.165) is 18.0 Å². The van der Waals surface area contributed by atoms with Crippen molar-refractivity contribution in [1.29, 1.82) is 5.26 Å². The summed E-state index contributed by atoms with van der Waals surface area (Å²) in [7, 11) is 0. The smallest absolute Gasteiger partial charge is 0.100 e. The highest BCUT2D eigenvalue weighted by molar-refractivity contribution is 14.1. The number of thiophene rings is 1. The Labute approximate surface area is 98.1 Å². The summed E-state index contributed by atoms with van der Waals surface area (Å²) in [6, 6.07) is 7.82. The molecule has 0 saturated carbocycles. The topological polar surface area (TPSA) is 23.8 Å². The van der Waals surface area contributed by atoms with Crippen molar-refractivity contribution in [2.75, 3.05) is 0 Å². The summed E-state index contributed by atoms with van der Waals surface area (Å²) in [4.78, 5) is 0. The monoisotopic (exact) mass is 319 g/mol. The minimum Gasteiger partial charge on any atom is -0.192 e. The van der Waals surface area contributed by atoms with Crippen molar-refractivity contribution in [1.82, 2.24) is 0 Å². The van der Waals surface area contributed by atoms with Crippen LogP contribution in [0, 0.1) is 14.9 Å². The molecular weight excluding hydrogens is 317 g/mol. The third kappa shape index (κ3) is 1.54. The molecule has 4 heteroatoms. The standard InChI is InChI=1S/C9H3ClINS/c10-8-3-6-7(13-8)2-1-5(4-12)9(6)11/h1-3H. The number of hydrogen-bond acceptors (Lipinski definition) is 2. The van der Waals surface area contributed by atoms with Crippen molar-refractivity contribution < 1.29 is 0 Å². The van der Waals surface area contributed by atoms with Crippen LogP contribution in [-0.4, -0.2) is 0 Å². The van der Waals surface area contributed by atoms with E-state index in [1.54, 1.807) is 0 Å². The lowest BCUT2D eigenvalue weighted by molar-refractivity contribution is 1.49. The number of nitriles is 1. The molecule has 64 valence electrons. The van der Waals surface area contributed by atoms with Crippen LogP contribution in [0.4, 0.5) is 0 Å². The molecule has 0 aliphatic carbocycles. The molecular formula is C9H3ClINS. The maximum atomic E-state index is 8.80. The Balaban J connectivity index is 2.87. The first kappa shape index (κ1) is 9.25. The third-order valence-corrected chi connectivity index (χ3v) is 4.12. The highest BCUT2D eigenvalue weighted by Gasteiger charge is 2.07. The summed E-state index contributed by atoms with van der Waals surface area (Å²) in [5, 5.41) is 9.88. The third-order valence-electron chi connectivity index (χ3n) is 1.73. The van der Waals surface area contributed by atoms with E-state index in [9.17, 15) is 0 Å². The van der Waals surface area contributed by atoms with E-state index >= 15 is 0 Å². The highest BCUT2D eigenvalue weighted by atomic mass is 127. The number of rotatable bonds is 0. The van der Waals surface area contributed by atoms with E-state index in [4.69, 9.17) is 16.9 Å². The fraction of sp³-hybridized carbons (Fsp3) is 0. The van der Waals surface area contributed by atoms with Crippen LogP contribution in [0.5, 0.6) is 0 Å². The lowest BCUT2D eigenvalue weighted by Gasteiger charge is -1.95. The zero-order chi connectivity index (χ0) is 9.42. The minimum absolute atomic E-state index is 0.711. The first-order valence-corrected chi connectivity index (χ1v) is 5.77. The van der Waals surface area contributed by atoms with E-state index in [2.05, 4.69) is 28.7 Å². The summed E-state index contributed by atoms with van der Waals surface area (Å²) < 4.78 is 2.89. The Morgan fingerprint density at radius 3 is 2.92 bits per heavy atom. The normalized spacial score (nSPS) is 10.2. The van der Waals surface area contributed by atoms with Crippen LogP contribution in [0.1, 0.15) is 5.56 Å². The SMILES string of the molecule is N#Cc1ccc2sc(Cl)cc2c1I.